The molecule has 8 nitrogen and oxygen atoms in total. The topological polar surface area (TPSA) is 87.5 Å². The minimum absolute atomic E-state index is 0.217. The Labute approximate surface area is 197 Å². The fraction of sp³-hybridized carbons (Fsp3) is 0.269. The van der Waals surface area contributed by atoms with E-state index in [0.29, 0.717) is 30.5 Å². The summed E-state index contributed by atoms with van der Waals surface area (Å²) in [6.07, 6.45) is -0.735. The van der Waals surface area contributed by atoms with E-state index in [1.165, 1.54) is 0 Å². The molecule has 1 aliphatic rings. The molecule has 2 aromatic heterocycles. The van der Waals surface area contributed by atoms with Crippen molar-refractivity contribution in [2.24, 2.45) is 0 Å². The summed E-state index contributed by atoms with van der Waals surface area (Å²) >= 11 is 0. The number of nitrogens with zero attached hydrogens (tertiary/aromatic N) is 3. The Morgan fingerprint density at radius 3 is 2.74 bits per heavy atom. The number of benzene rings is 2. The van der Waals surface area contributed by atoms with Gasteiger partial charge >= 0.3 is 0 Å². The molecule has 0 bridgehead atoms. The monoisotopic (exact) mass is 458 g/mol. The van der Waals surface area contributed by atoms with E-state index in [1.54, 1.807) is 6.92 Å². The molecule has 0 aliphatic carbocycles. The average Bonchev–Trinajstić information content (AvgIpc) is 3.46. The number of rotatable bonds is 7. The molecule has 174 valence electrons. The van der Waals surface area contributed by atoms with Crippen LogP contribution in [-0.4, -0.2) is 33.6 Å². The molecule has 2 aromatic carbocycles. The third kappa shape index (κ3) is 4.14. The first-order chi connectivity index (χ1) is 16.5. The lowest BCUT2D eigenvalue weighted by Gasteiger charge is -2.16. The molecule has 0 spiro atoms. The molecule has 4 aromatic rings. The molecule has 8 heteroatoms. The normalized spacial score (nSPS) is 13.1. The van der Waals surface area contributed by atoms with Gasteiger partial charge in [0.25, 0.3) is 5.91 Å². The van der Waals surface area contributed by atoms with Crippen molar-refractivity contribution in [1.82, 2.24) is 20.1 Å². The molecular formula is C26H26N4O4. The molecule has 1 aliphatic heterocycles. The van der Waals surface area contributed by atoms with Crippen LogP contribution in [0.15, 0.2) is 54.6 Å². The third-order valence-corrected chi connectivity index (χ3v) is 5.81. The summed E-state index contributed by atoms with van der Waals surface area (Å²) in [5.74, 6) is 1.54. The zero-order valence-electron chi connectivity index (χ0n) is 19.4. The van der Waals surface area contributed by atoms with Gasteiger partial charge in [-0.1, -0.05) is 36.4 Å². The van der Waals surface area contributed by atoms with E-state index in [0.717, 1.165) is 33.4 Å². The summed E-state index contributed by atoms with van der Waals surface area (Å²) in [4.78, 5) is 17.5. The van der Waals surface area contributed by atoms with E-state index >= 15 is 0 Å². The van der Waals surface area contributed by atoms with Gasteiger partial charge in [0.05, 0.1) is 11.1 Å². The Morgan fingerprint density at radius 1 is 1.15 bits per heavy atom. The third-order valence-electron chi connectivity index (χ3n) is 5.81. The second kappa shape index (κ2) is 9.05. The number of ether oxygens (including phenoxy) is 3. The van der Waals surface area contributed by atoms with Gasteiger partial charge in [0, 0.05) is 19.2 Å². The van der Waals surface area contributed by atoms with Crippen LogP contribution in [0, 0.1) is 6.92 Å². The Balaban J connectivity index is 1.37. The van der Waals surface area contributed by atoms with Crippen molar-refractivity contribution >= 4 is 16.9 Å². The van der Waals surface area contributed by atoms with Crippen LogP contribution >= 0.6 is 0 Å². The number of aryl methyl sites for hydroxylation is 2. The summed E-state index contributed by atoms with van der Waals surface area (Å²) in [7, 11) is 0. The highest BCUT2D eigenvalue weighted by molar-refractivity contribution is 5.95. The smallest absolute Gasteiger partial charge is 0.261 e. The van der Waals surface area contributed by atoms with Crippen LogP contribution in [0.2, 0.25) is 0 Å². The highest BCUT2D eigenvalue weighted by Gasteiger charge is 2.20. The Morgan fingerprint density at radius 2 is 1.94 bits per heavy atom. The lowest BCUT2D eigenvalue weighted by molar-refractivity contribution is -0.127. The van der Waals surface area contributed by atoms with Crippen molar-refractivity contribution < 1.29 is 19.0 Å². The molecule has 0 saturated carbocycles. The number of pyridine rings is 1. The summed E-state index contributed by atoms with van der Waals surface area (Å²) in [6.45, 7) is 6.97. The number of hydrogen-bond acceptors (Lipinski definition) is 6. The average molecular weight is 459 g/mol. The van der Waals surface area contributed by atoms with E-state index in [4.69, 9.17) is 19.2 Å². The van der Waals surface area contributed by atoms with Gasteiger partial charge in [-0.05, 0) is 49.6 Å². The fourth-order valence-corrected chi connectivity index (χ4v) is 4.08. The van der Waals surface area contributed by atoms with Gasteiger partial charge in [0.2, 0.25) is 12.7 Å². The fourth-order valence-electron chi connectivity index (χ4n) is 4.08. The van der Waals surface area contributed by atoms with Crippen molar-refractivity contribution in [3.63, 3.8) is 0 Å². The lowest BCUT2D eigenvalue weighted by atomic mass is 10.0. The Hall–Kier alpha value is -4.07. The minimum Gasteiger partial charge on any atom is -0.464 e. The molecule has 34 heavy (non-hydrogen) atoms. The van der Waals surface area contributed by atoms with Crippen molar-refractivity contribution in [3.05, 3.63) is 65.9 Å². The number of carbonyl (C=O) groups excluding carboxylic acids is 1. The number of fused-ring (bicyclic) bond motifs is 2. The largest absolute Gasteiger partial charge is 0.464 e. The van der Waals surface area contributed by atoms with E-state index < -0.39 is 6.10 Å². The van der Waals surface area contributed by atoms with Gasteiger partial charge in [-0.15, -0.1) is 0 Å². The summed E-state index contributed by atoms with van der Waals surface area (Å²) in [5.41, 5.74) is 4.58. The van der Waals surface area contributed by atoms with Crippen molar-refractivity contribution in [1.29, 1.82) is 0 Å². The minimum atomic E-state index is -0.735. The summed E-state index contributed by atoms with van der Waals surface area (Å²) < 4.78 is 18.6. The number of aromatic nitrogens is 3. The van der Waals surface area contributed by atoms with Crippen LogP contribution in [0.25, 0.3) is 22.2 Å². The molecule has 0 saturated heterocycles. The molecule has 3 heterocycles. The van der Waals surface area contributed by atoms with Crippen LogP contribution in [0.3, 0.4) is 0 Å². The van der Waals surface area contributed by atoms with E-state index in [2.05, 4.69) is 10.4 Å². The highest BCUT2D eigenvalue weighted by atomic mass is 16.7. The number of nitrogens with one attached hydrogen (secondary N) is 1. The first-order valence-electron chi connectivity index (χ1n) is 11.3. The lowest BCUT2D eigenvalue weighted by Crippen LogP contribution is -2.36. The van der Waals surface area contributed by atoms with Crippen molar-refractivity contribution in [2.45, 2.75) is 40.0 Å². The Kier molecular flexibility index (Phi) is 5.79. The van der Waals surface area contributed by atoms with Gasteiger partial charge in [-0.3, -0.25) is 4.79 Å². The zero-order valence-corrected chi connectivity index (χ0v) is 19.4. The maximum absolute atomic E-state index is 12.8. The SMILES string of the molecule is CCn1nc(C)c2c(-c3ccccc3)cc(OC(C)C(=O)NCc3ccc4c(c3)OCO4)nc21. The van der Waals surface area contributed by atoms with Gasteiger partial charge in [-0.25, -0.2) is 4.68 Å². The molecule has 1 unspecified atom stereocenters. The standard InChI is InChI=1S/C26H26N4O4/c1-4-30-25-24(16(2)29-30)20(19-8-6-5-7-9-19)13-23(28-25)34-17(3)26(31)27-14-18-10-11-21-22(12-18)33-15-32-21/h5-13,17H,4,14-15H2,1-3H3,(H,27,31). The molecular weight excluding hydrogens is 432 g/mol. The number of carbonyl (C=O) groups is 1. The summed E-state index contributed by atoms with van der Waals surface area (Å²) in [5, 5.41) is 8.54. The molecule has 0 radical (unpaired) electrons. The number of amides is 1. The second-order valence-electron chi connectivity index (χ2n) is 8.14. The van der Waals surface area contributed by atoms with Crippen LogP contribution in [0.1, 0.15) is 25.1 Å². The van der Waals surface area contributed by atoms with Gasteiger partial charge in [0.1, 0.15) is 0 Å². The quantitative estimate of drug-likeness (QED) is 0.446. The first-order valence-corrected chi connectivity index (χ1v) is 11.3. The highest BCUT2D eigenvalue weighted by Crippen LogP contribution is 2.34. The van der Waals surface area contributed by atoms with Gasteiger partial charge < -0.3 is 19.5 Å². The van der Waals surface area contributed by atoms with Gasteiger partial charge in [-0.2, -0.15) is 10.1 Å². The van der Waals surface area contributed by atoms with Crippen molar-refractivity contribution in [3.8, 4) is 28.5 Å². The zero-order chi connectivity index (χ0) is 23.7. The predicted molar refractivity (Wildman–Crippen MR) is 128 cm³/mol. The second-order valence-corrected chi connectivity index (χ2v) is 8.14. The number of hydrogen-bond donors (Lipinski definition) is 1. The van der Waals surface area contributed by atoms with Crippen LogP contribution in [0.4, 0.5) is 0 Å². The molecule has 0 fully saturated rings. The van der Waals surface area contributed by atoms with Crippen molar-refractivity contribution in [2.75, 3.05) is 6.79 Å². The van der Waals surface area contributed by atoms with Crippen LogP contribution in [-0.2, 0) is 17.9 Å². The van der Waals surface area contributed by atoms with E-state index in [-0.39, 0.29) is 12.7 Å². The molecule has 5 rings (SSSR count). The predicted octanol–water partition coefficient (Wildman–Crippen LogP) is 4.24. The van der Waals surface area contributed by atoms with E-state index in [9.17, 15) is 4.79 Å². The Bertz CT molecular complexity index is 1350. The van der Waals surface area contributed by atoms with Crippen LogP contribution < -0.4 is 19.5 Å². The van der Waals surface area contributed by atoms with Crippen LogP contribution in [0.5, 0.6) is 17.4 Å². The maximum atomic E-state index is 12.8. The van der Waals surface area contributed by atoms with E-state index in [1.807, 2.05) is 73.1 Å². The summed E-state index contributed by atoms with van der Waals surface area (Å²) in [6, 6.07) is 17.5. The molecule has 1 atom stereocenters. The maximum Gasteiger partial charge on any atom is 0.261 e. The molecule has 1 amide bonds. The molecule has 1 N–H and O–H groups in total. The first kappa shape index (κ1) is 21.8. The van der Waals surface area contributed by atoms with Gasteiger partial charge in [0.15, 0.2) is 23.3 Å².